The number of carbonyl (C=O) groups is 1. The Morgan fingerprint density at radius 3 is 2.83 bits per heavy atom. The zero-order chi connectivity index (χ0) is 9.40. The fourth-order valence-electron chi connectivity index (χ4n) is 0.647. The number of nitrogens with one attached hydrogen (secondary N) is 1. The molecule has 0 aromatic rings. The third-order valence-corrected chi connectivity index (χ3v) is 1.33. The van der Waals surface area contributed by atoms with Crippen molar-refractivity contribution in [3.8, 4) is 0 Å². The number of hydrogen-bond acceptors (Lipinski definition) is 2. The van der Waals surface area contributed by atoms with Crippen molar-refractivity contribution >= 4 is 5.91 Å². The van der Waals surface area contributed by atoms with E-state index in [1.54, 1.807) is 6.08 Å². The summed E-state index contributed by atoms with van der Waals surface area (Å²) in [6.45, 7) is 7.98. The minimum Gasteiger partial charge on any atom is -0.375 e. The molecular formula is C9H15NO2. The lowest BCUT2D eigenvalue weighted by atomic mass is 10.2. The van der Waals surface area contributed by atoms with E-state index in [1.165, 1.54) is 7.11 Å². The first-order chi connectivity index (χ1) is 5.70. The van der Waals surface area contributed by atoms with Crippen LogP contribution in [0.2, 0.25) is 0 Å². The predicted molar refractivity (Wildman–Crippen MR) is 48.8 cm³/mol. The standard InChI is InChI=1S/C9H15NO2/c1-4-8(2)5-6-10-9(11)7-12-3/h4H,1-2,5-7H2,3H3,(H,10,11). The summed E-state index contributed by atoms with van der Waals surface area (Å²) in [6.07, 6.45) is 2.42. The van der Waals surface area contributed by atoms with Crippen LogP contribution in [0.3, 0.4) is 0 Å². The predicted octanol–water partition coefficient (Wildman–Crippen LogP) is 0.881. The molecule has 0 aliphatic carbocycles. The molecule has 0 saturated carbocycles. The molecule has 1 N–H and O–H groups in total. The molecule has 0 spiro atoms. The first kappa shape index (κ1) is 10.9. The van der Waals surface area contributed by atoms with Gasteiger partial charge in [0.15, 0.2) is 0 Å². The number of rotatable bonds is 6. The van der Waals surface area contributed by atoms with Gasteiger partial charge in [-0.05, 0) is 6.42 Å². The molecule has 0 unspecified atom stereocenters. The second-order valence-corrected chi connectivity index (χ2v) is 2.40. The van der Waals surface area contributed by atoms with E-state index in [2.05, 4.69) is 23.2 Å². The van der Waals surface area contributed by atoms with E-state index >= 15 is 0 Å². The lowest BCUT2D eigenvalue weighted by Crippen LogP contribution is -2.28. The average Bonchev–Trinajstić information content (AvgIpc) is 2.04. The number of methoxy groups -OCH3 is 1. The van der Waals surface area contributed by atoms with Crippen LogP contribution in [0.25, 0.3) is 0 Å². The molecule has 1 amide bonds. The highest BCUT2D eigenvalue weighted by molar-refractivity contribution is 5.77. The molecule has 3 heteroatoms. The second-order valence-electron chi connectivity index (χ2n) is 2.40. The van der Waals surface area contributed by atoms with Gasteiger partial charge < -0.3 is 10.1 Å². The number of amides is 1. The van der Waals surface area contributed by atoms with Crippen molar-refractivity contribution in [1.82, 2.24) is 5.32 Å². The van der Waals surface area contributed by atoms with Crippen molar-refractivity contribution in [1.29, 1.82) is 0 Å². The molecule has 12 heavy (non-hydrogen) atoms. The van der Waals surface area contributed by atoms with Gasteiger partial charge in [-0.25, -0.2) is 0 Å². The van der Waals surface area contributed by atoms with Gasteiger partial charge in [-0.15, -0.1) is 0 Å². The van der Waals surface area contributed by atoms with Crippen molar-refractivity contribution in [2.45, 2.75) is 6.42 Å². The van der Waals surface area contributed by atoms with Gasteiger partial charge >= 0.3 is 0 Å². The van der Waals surface area contributed by atoms with Gasteiger partial charge in [0, 0.05) is 13.7 Å². The van der Waals surface area contributed by atoms with Gasteiger partial charge in [0.25, 0.3) is 0 Å². The Balaban J connectivity index is 3.36. The molecule has 0 aliphatic rings. The summed E-state index contributed by atoms with van der Waals surface area (Å²) < 4.78 is 4.63. The summed E-state index contributed by atoms with van der Waals surface area (Å²) in [4.78, 5) is 10.8. The molecule has 68 valence electrons. The first-order valence-corrected chi connectivity index (χ1v) is 3.76. The molecule has 0 heterocycles. The third kappa shape index (κ3) is 5.68. The van der Waals surface area contributed by atoms with Crippen molar-refractivity contribution in [2.24, 2.45) is 0 Å². The third-order valence-electron chi connectivity index (χ3n) is 1.33. The summed E-state index contributed by atoms with van der Waals surface area (Å²) in [5.74, 6) is -0.102. The Labute approximate surface area is 73.1 Å². The molecule has 0 fully saturated rings. The van der Waals surface area contributed by atoms with Crippen LogP contribution in [0.5, 0.6) is 0 Å². The van der Waals surface area contributed by atoms with Gasteiger partial charge in [-0.2, -0.15) is 0 Å². The van der Waals surface area contributed by atoms with E-state index in [0.717, 1.165) is 12.0 Å². The molecule has 0 aromatic carbocycles. The molecule has 0 aliphatic heterocycles. The highest BCUT2D eigenvalue weighted by atomic mass is 16.5. The van der Waals surface area contributed by atoms with Crippen LogP contribution in [-0.4, -0.2) is 26.2 Å². The summed E-state index contributed by atoms with van der Waals surface area (Å²) in [7, 11) is 1.49. The number of hydrogen-bond donors (Lipinski definition) is 1. The van der Waals surface area contributed by atoms with Crippen LogP contribution in [0.1, 0.15) is 6.42 Å². The minimum absolute atomic E-state index is 0.102. The summed E-state index contributed by atoms with van der Waals surface area (Å²) >= 11 is 0. The van der Waals surface area contributed by atoms with Crippen molar-refractivity contribution in [3.05, 3.63) is 24.8 Å². The normalized spacial score (nSPS) is 9.08. The Morgan fingerprint density at radius 1 is 1.67 bits per heavy atom. The van der Waals surface area contributed by atoms with E-state index in [-0.39, 0.29) is 12.5 Å². The van der Waals surface area contributed by atoms with E-state index in [4.69, 9.17) is 0 Å². The Bertz CT molecular complexity index is 175. The largest absolute Gasteiger partial charge is 0.375 e. The molecule has 3 nitrogen and oxygen atoms in total. The molecule has 0 rings (SSSR count). The number of allylic oxidation sites excluding steroid dienone is 1. The van der Waals surface area contributed by atoms with Crippen molar-refractivity contribution in [2.75, 3.05) is 20.3 Å². The molecular weight excluding hydrogens is 154 g/mol. The zero-order valence-electron chi connectivity index (χ0n) is 7.43. The molecule has 0 saturated heterocycles. The smallest absolute Gasteiger partial charge is 0.245 e. The Morgan fingerprint density at radius 2 is 2.33 bits per heavy atom. The van der Waals surface area contributed by atoms with Crippen LogP contribution in [0, 0.1) is 0 Å². The van der Waals surface area contributed by atoms with Crippen LogP contribution in [-0.2, 0) is 9.53 Å². The fourth-order valence-corrected chi connectivity index (χ4v) is 0.647. The molecule has 0 atom stereocenters. The number of carbonyl (C=O) groups excluding carboxylic acids is 1. The van der Waals surface area contributed by atoms with Crippen LogP contribution >= 0.6 is 0 Å². The van der Waals surface area contributed by atoms with Gasteiger partial charge in [0.1, 0.15) is 6.61 Å². The summed E-state index contributed by atoms with van der Waals surface area (Å²) in [6, 6.07) is 0. The van der Waals surface area contributed by atoms with Gasteiger partial charge in [-0.1, -0.05) is 24.8 Å². The fraction of sp³-hybridized carbons (Fsp3) is 0.444. The quantitative estimate of drug-likeness (QED) is 0.599. The summed E-state index contributed by atoms with van der Waals surface area (Å²) in [5, 5.41) is 2.68. The van der Waals surface area contributed by atoms with E-state index < -0.39 is 0 Å². The maximum absolute atomic E-state index is 10.8. The van der Waals surface area contributed by atoms with Gasteiger partial charge in [0.2, 0.25) is 5.91 Å². The SMILES string of the molecule is C=CC(=C)CCNC(=O)COC. The Kier molecular flexibility index (Phi) is 6.01. The van der Waals surface area contributed by atoms with Gasteiger partial charge in [0.05, 0.1) is 0 Å². The van der Waals surface area contributed by atoms with Crippen LogP contribution in [0.15, 0.2) is 24.8 Å². The highest BCUT2D eigenvalue weighted by Crippen LogP contribution is 1.95. The molecule has 0 bridgehead atoms. The second kappa shape index (κ2) is 6.61. The Hall–Kier alpha value is -1.09. The maximum Gasteiger partial charge on any atom is 0.245 e. The zero-order valence-corrected chi connectivity index (χ0v) is 7.43. The van der Waals surface area contributed by atoms with E-state index in [1.807, 2.05) is 0 Å². The average molecular weight is 169 g/mol. The van der Waals surface area contributed by atoms with Crippen molar-refractivity contribution in [3.63, 3.8) is 0 Å². The minimum atomic E-state index is -0.102. The van der Waals surface area contributed by atoms with Crippen LogP contribution in [0.4, 0.5) is 0 Å². The number of ether oxygens (including phenoxy) is 1. The molecule has 0 aromatic heterocycles. The van der Waals surface area contributed by atoms with Crippen molar-refractivity contribution < 1.29 is 9.53 Å². The highest BCUT2D eigenvalue weighted by Gasteiger charge is 1.97. The first-order valence-electron chi connectivity index (χ1n) is 3.76. The monoisotopic (exact) mass is 169 g/mol. The van der Waals surface area contributed by atoms with Gasteiger partial charge in [-0.3, -0.25) is 4.79 Å². The van der Waals surface area contributed by atoms with Crippen LogP contribution < -0.4 is 5.32 Å². The lowest BCUT2D eigenvalue weighted by Gasteiger charge is -2.03. The topological polar surface area (TPSA) is 38.3 Å². The maximum atomic E-state index is 10.8. The lowest BCUT2D eigenvalue weighted by molar-refractivity contribution is -0.124. The van der Waals surface area contributed by atoms with E-state index in [9.17, 15) is 4.79 Å². The summed E-state index contributed by atoms with van der Waals surface area (Å²) in [5.41, 5.74) is 0.924. The van der Waals surface area contributed by atoms with E-state index in [0.29, 0.717) is 6.54 Å². The molecule has 0 radical (unpaired) electrons.